The van der Waals surface area contributed by atoms with Gasteiger partial charge >= 0.3 is 0 Å². The van der Waals surface area contributed by atoms with Crippen LogP contribution in [-0.4, -0.2) is 31.0 Å². The van der Waals surface area contributed by atoms with Crippen molar-refractivity contribution in [3.63, 3.8) is 0 Å². The minimum atomic E-state index is -0.528. The van der Waals surface area contributed by atoms with Crippen LogP contribution in [0, 0.1) is 10.1 Å². The average molecular weight is 413 g/mol. The van der Waals surface area contributed by atoms with Crippen molar-refractivity contribution in [1.82, 2.24) is 0 Å². The molecule has 9 heteroatoms. The fourth-order valence-corrected chi connectivity index (χ4v) is 2.82. The van der Waals surface area contributed by atoms with Crippen LogP contribution < -0.4 is 15.0 Å². The molecule has 0 aromatic heterocycles. The van der Waals surface area contributed by atoms with E-state index in [0.717, 1.165) is 10.5 Å². The van der Waals surface area contributed by atoms with Gasteiger partial charge in [-0.2, -0.15) is 0 Å². The SMILES string of the molecule is COc1ccc([N+](=O)[O-])cc1NC(=O)[C@@H](C)[NH+](C)Cc1ccc(Cl)c(Cl)c1. The topological polar surface area (TPSA) is 85.9 Å². The van der Waals surface area contributed by atoms with E-state index in [9.17, 15) is 14.9 Å². The fourth-order valence-electron chi connectivity index (χ4n) is 2.50. The molecule has 2 N–H and O–H groups in total. The number of nitro groups is 1. The van der Waals surface area contributed by atoms with Gasteiger partial charge < -0.3 is 15.0 Å². The molecule has 0 bridgehead atoms. The van der Waals surface area contributed by atoms with Crippen LogP contribution in [0.5, 0.6) is 5.75 Å². The molecule has 0 saturated carbocycles. The van der Waals surface area contributed by atoms with Gasteiger partial charge in [0.25, 0.3) is 11.6 Å². The standard InChI is InChI=1S/C18H19Cl2N3O4/c1-11(22(2)10-12-4-6-14(19)15(20)8-12)18(24)21-16-9-13(23(25)26)5-7-17(16)27-3/h4-9,11H,10H2,1-3H3,(H,21,24)/p+1/t11-/m1/s1. The van der Waals surface area contributed by atoms with Gasteiger partial charge in [-0.05, 0) is 25.1 Å². The molecule has 2 aromatic carbocycles. The Hall–Kier alpha value is -2.35. The number of benzene rings is 2. The first-order chi connectivity index (χ1) is 12.7. The van der Waals surface area contributed by atoms with Crippen LogP contribution in [0.3, 0.4) is 0 Å². The molecule has 27 heavy (non-hydrogen) atoms. The summed E-state index contributed by atoms with van der Waals surface area (Å²) in [6, 6.07) is 8.95. The molecule has 0 spiro atoms. The van der Waals surface area contributed by atoms with Crippen LogP contribution >= 0.6 is 23.2 Å². The number of ether oxygens (including phenoxy) is 1. The normalized spacial score (nSPS) is 12.9. The predicted octanol–water partition coefficient (Wildman–Crippen LogP) is 2.95. The number of nitrogens with zero attached hydrogens (tertiary/aromatic N) is 1. The first kappa shape index (κ1) is 21.0. The van der Waals surface area contributed by atoms with E-state index in [1.807, 2.05) is 13.1 Å². The molecule has 2 rings (SSSR count). The second kappa shape index (κ2) is 9.03. The van der Waals surface area contributed by atoms with Crippen LogP contribution in [-0.2, 0) is 11.3 Å². The smallest absolute Gasteiger partial charge is 0.282 e. The maximum atomic E-state index is 12.6. The number of nitro benzene ring substituents is 1. The lowest BCUT2D eigenvalue weighted by Crippen LogP contribution is -3.12. The van der Waals surface area contributed by atoms with E-state index in [-0.39, 0.29) is 17.3 Å². The van der Waals surface area contributed by atoms with Gasteiger partial charge in [0, 0.05) is 17.7 Å². The third kappa shape index (κ3) is 5.32. The average Bonchev–Trinajstić information content (AvgIpc) is 2.63. The van der Waals surface area contributed by atoms with E-state index >= 15 is 0 Å². The van der Waals surface area contributed by atoms with E-state index in [2.05, 4.69) is 5.32 Å². The fraction of sp³-hybridized carbons (Fsp3) is 0.278. The van der Waals surface area contributed by atoms with Crippen LogP contribution in [0.15, 0.2) is 36.4 Å². The maximum absolute atomic E-state index is 12.6. The molecule has 2 atom stereocenters. The molecule has 0 fully saturated rings. The van der Waals surface area contributed by atoms with Gasteiger partial charge in [0.15, 0.2) is 6.04 Å². The summed E-state index contributed by atoms with van der Waals surface area (Å²) in [5.74, 6) is 0.0645. The van der Waals surface area contributed by atoms with Gasteiger partial charge in [-0.15, -0.1) is 0 Å². The molecule has 0 saturated heterocycles. The molecule has 0 radical (unpaired) electrons. The largest absolute Gasteiger partial charge is 0.495 e. The van der Waals surface area contributed by atoms with E-state index in [1.54, 1.807) is 19.1 Å². The highest BCUT2D eigenvalue weighted by Gasteiger charge is 2.24. The van der Waals surface area contributed by atoms with Gasteiger partial charge in [0.1, 0.15) is 12.3 Å². The lowest BCUT2D eigenvalue weighted by atomic mass is 10.1. The zero-order chi connectivity index (χ0) is 20.1. The van der Waals surface area contributed by atoms with Gasteiger partial charge in [-0.25, -0.2) is 0 Å². The predicted molar refractivity (Wildman–Crippen MR) is 105 cm³/mol. The summed E-state index contributed by atoms with van der Waals surface area (Å²) >= 11 is 12.0. The summed E-state index contributed by atoms with van der Waals surface area (Å²) in [4.78, 5) is 24.0. The molecule has 1 amide bonds. The molecule has 2 aromatic rings. The van der Waals surface area contributed by atoms with E-state index < -0.39 is 11.0 Å². The number of anilines is 1. The summed E-state index contributed by atoms with van der Waals surface area (Å²) in [6.45, 7) is 2.32. The Morgan fingerprint density at radius 2 is 1.96 bits per heavy atom. The highest BCUT2D eigenvalue weighted by atomic mass is 35.5. The Bertz CT molecular complexity index is 860. The Kier molecular flexibility index (Phi) is 7.01. The molecule has 7 nitrogen and oxygen atoms in total. The van der Waals surface area contributed by atoms with Gasteiger partial charge in [0.2, 0.25) is 0 Å². The summed E-state index contributed by atoms with van der Waals surface area (Å²) < 4.78 is 5.17. The number of hydrogen-bond donors (Lipinski definition) is 2. The van der Waals surface area contributed by atoms with Crippen LogP contribution in [0.4, 0.5) is 11.4 Å². The molecule has 0 aliphatic carbocycles. The summed E-state index contributed by atoms with van der Waals surface area (Å²) in [7, 11) is 3.30. The minimum Gasteiger partial charge on any atom is -0.495 e. The second-order valence-corrected chi connectivity index (χ2v) is 6.94. The number of likely N-dealkylation sites (N-methyl/N-ethyl adjacent to an activating group) is 1. The maximum Gasteiger partial charge on any atom is 0.282 e. The van der Waals surface area contributed by atoms with Crippen LogP contribution in [0.1, 0.15) is 12.5 Å². The number of carbonyl (C=O) groups is 1. The number of methoxy groups -OCH3 is 1. The van der Waals surface area contributed by atoms with Crippen molar-refractivity contribution >= 4 is 40.5 Å². The third-order valence-electron chi connectivity index (χ3n) is 4.25. The Morgan fingerprint density at radius 1 is 1.26 bits per heavy atom. The number of halogens is 2. The first-order valence-electron chi connectivity index (χ1n) is 8.12. The lowest BCUT2D eigenvalue weighted by molar-refractivity contribution is -0.907. The molecule has 0 aliphatic rings. The van der Waals surface area contributed by atoms with Gasteiger partial charge in [0.05, 0.1) is 34.8 Å². The monoisotopic (exact) mass is 412 g/mol. The van der Waals surface area contributed by atoms with Gasteiger partial charge in [-0.1, -0.05) is 29.3 Å². The summed E-state index contributed by atoms with van der Waals surface area (Å²) in [6.07, 6.45) is 0. The first-order valence-corrected chi connectivity index (χ1v) is 8.88. The zero-order valence-corrected chi connectivity index (χ0v) is 16.6. The summed E-state index contributed by atoms with van der Waals surface area (Å²) in [5, 5.41) is 14.6. The minimum absolute atomic E-state index is 0.129. The highest BCUT2D eigenvalue weighted by molar-refractivity contribution is 6.42. The molecular formula is C18H20Cl2N3O4+. The van der Waals surface area contributed by atoms with Crippen molar-refractivity contribution in [2.24, 2.45) is 0 Å². The molecular weight excluding hydrogens is 393 g/mol. The van der Waals surface area contributed by atoms with Crippen molar-refractivity contribution in [3.8, 4) is 5.75 Å². The van der Waals surface area contributed by atoms with E-state index in [4.69, 9.17) is 27.9 Å². The number of amides is 1. The van der Waals surface area contributed by atoms with Crippen molar-refractivity contribution in [3.05, 3.63) is 62.1 Å². The number of non-ortho nitro benzene ring substituents is 1. The van der Waals surface area contributed by atoms with Crippen molar-refractivity contribution < 1.29 is 19.4 Å². The quantitative estimate of drug-likeness (QED) is 0.540. The van der Waals surface area contributed by atoms with Crippen molar-refractivity contribution in [1.29, 1.82) is 0 Å². The molecule has 0 heterocycles. The Labute approximate surface area is 167 Å². The number of hydrogen-bond acceptors (Lipinski definition) is 4. The second-order valence-electron chi connectivity index (χ2n) is 6.12. The van der Waals surface area contributed by atoms with E-state index in [0.29, 0.717) is 22.3 Å². The van der Waals surface area contributed by atoms with Crippen molar-refractivity contribution in [2.45, 2.75) is 19.5 Å². The zero-order valence-electron chi connectivity index (χ0n) is 15.1. The lowest BCUT2D eigenvalue weighted by Gasteiger charge is -2.21. The van der Waals surface area contributed by atoms with E-state index in [1.165, 1.54) is 25.3 Å². The summed E-state index contributed by atoms with van der Waals surface area (Å²) in [5.41, 5.74) is 1.07. The number of carbonyl (C=O) groups excluding carboxylic acids is 1. The Morgan fingerprint density at radius 3 is 2.56 bits per heavy atom. The molecule has 1 unspecified atom stereocenters. The van der Waals surface area contributed by atoms with Crippen molar-refractivity contribution in [2.75, 3.05) is 19.5 Å². The Balaban J connectivity index is 2.11. The third-order valence-corrected chi connectivity index (χ3v) is 4.99. The molecule has 0 aliphatic heterocycles. The highest BCUT2D eigenvalue weighted by Crippen LogP contribution is 2.29. The number of nitrogens with one attached hydrogen (secondary N) is 2. The van der Waals surface area contributed by atoms with Crippen LogP contribution in [0.2, 0.25) is 10.0 Å². The van der Waals surface area contributed by atoms with Crippen LogP contribution in [0.25, 0.3) is 0 Å². The van der Waals surface area contributed by atoms with Gasteiger partial charge in [-0.3, -0.25) is 14.9 Å². The number of rotatable bonds is 7. The molecule has 144 valence electrons. The number of quaternary nitrogens is 1.